The minimum Gasteiger partial charge on any atom is -0.491 e. The summed E-state index contributed by atoms with van der Waals surface area (Å²) in [6.45, 7) is 8.23. The summed E-state index contributed by atoms with van der Waals surface area (Å²) in [5.41, 5.74) is 5.45. The largest absolute Gasteiger partial charge is 0.491 e. The zero-order valence-electron chi connectivity index (χ0n) is 23.4. The summed E-state index contributed by atoms with van der Waals surface area (Å²) in [5, 5.41) is 11.7. The van der Waals surface area contributed by atoms with Crippen molar-refractivity contribution in [3.05, 3.63) is 94.1 Å². The minimum absolute atomic E-state index is 0.00670. The van der Waals surface area contributed by atoms with Crippen molar-refractivity contribution in [3.63, 3.8) is 0 Å². The molecule has 6 nitrogen and oxygen atoms in total. The molecule has 3 aromatic carbocycles. The lowest BCUT2D eigenvalue weighted by atomic mass is 9.86. The zero-order valence-corrected chi connectivity index (χ0v) is 24.2. The molecule has 1 atom stereocenters. The third kappa shape index (κ3) is 5.33. The van der Waals surface area contributed by atoms with E-state index in [2.05, 4.69) is 29.7 Å². The molecule has 7 heteroatoms. The number of aromatic nitrogens is 1. The molecule has 1 amide bonds. The Kier molecular flexibility index (Phi) is 7.65. The second kappa shape index (κ2) is 11.0. The van der Waals surface area contributed by atoms with Crippen molar-refractivity contribution in [2.45, 2.75) is 59.5 Å². The van der Waals surface area contributed by atoms with Crippen molar-refractivity contribution in [1.29, 1.82) is 0 Å². The van der Waals surface area contributed by atoms with Gasteiger partial charge in [-0.05, 0) is 79.8 Å². The lowest BCUT2D eigenvalue weighted by molar-refractivity contribution is -0.146. The number of ether oxygens (including phenoxy) is 1. The molecule has 1 aliphatic heterocycles. The van der Waals surface area contributed by atoms with Gasteiger partial charge in [-0.2, -0.15) is 0 Å². The Morgan fingerprint density at radius 3 is 2.48 bits per heavy atom. The molecule has 208 valence electrons. The van der Waals surface area contributed by atoms with E-state index < -0.39 is 11.4 Å². The number of carbonyl (C=O) groups excluding carboxylic acids is 1. The molecule has 2 heterocycles. The van der Waals surface area contributed by atoms with Crippen LogP contribution < -0.4 is 9.64 Å². The van der Waals surface area contributed by atoms with E-state index in [-0.39, 0.29) is 11.9 Å². The number of carboxylic acids is 1. The Balaban J connectivity index is 1.49. The van der Waals surface area contributed by atoms with E-state index in [1.165, 1.54) is 0 Å². The molecule has 1 aliphatic rings. The number of aliphatic carboxylic acids is 1. The van der Waals surface area contributed by atoms with Crippen molar-refractivity contribution in [2.75, 3.05) is 11.5 Å². The lowest BCUT2D eigenvalue weighted by Gasteiger charge is -2.24. The first-order chi connectivity index (χ1) is 19.1. The highest BCUT2D eigenvalue weighted by Crippen LogP contribution is 2.36. The molecule has 0 fully saturated rings. The molecule has 5 rings (SSSR count). The number of amides is 1. The quantitative estimate of drug-likeness (QED) is 0.242. The number of hydrogen-bond donors (Lipinski definition) is 1. The third-order valence-corrected chi connectivity index (χ3v) is 8.16. The first-order valence-electron chi connectivity index (χ1n) is 13.7. The molecule has 0 saturated carbocycles. The Labute approximate surface area is 240 Å². The highest BCUT2D eigenvalue weighted by atomic mass is 35.5. The van der Waals surface area contributed by atoms with Gasteiger partial charge in [-0.25, -0.2) is 0 Å². The van der Waals surface area contributed by atoms with Crippen molar-refractivity contribution >= 4 is 40.1 Å². The third-order valence-electron chi connectivity index (χ3n) is 7.91. The maximum Gasteiger partial charge on any atom is 0.309 e. The molecule has 4 aromatic rings. The van der Waals surface area contributed by atoms with Crippen LogP contribution in [-0.4, -0.2) is 34.2 Å². The van der Waals surface area contributed by atoms with Gasteiger partial charge in [-0.15, -0.1) is 0 Å². The highest BCUT2D eigenvalue weighted by molar-refractivity contribution is 6.30. The zero-order chi connectivity index (χ0) is 28.6. The summed E-state index contributed by atoms with van der Waals surface area (Å²) in [5.74, 6) is -0.0870. The number of hydrogen-bond acceptors (Lipinski definition) is 3. The predicted octanol–water partition coefficient (Wildman–Crippen LogP) is 6.92. The molecule has 1 aromatic heterocycles. The van der Waals surface area contributed by atoms with E-state index in [0.29, 0.717) is 24.6 Å². The number of anilines is 1. The lowest BCUT2D eigenvalue weighted by Crippen LogP contribution is -2.40. The Hall–Kier alpha value is -3.77. The summed E-state index contributed by atoms with van der Waals surface area (Å²) in [4.78, 5) is 26.4. The number of carbonyl (C=O) groups is 2. The summed E-state index contributed by atoms with van der Waals surface area (Å²) < 4.78 is 8.55. The Morgan fingerprint density at radius 1 is 1.07 bits per heavy atom. The van der Waals surface area contributed by atoms with Gasteiger partial charge in [0.2, 0.25) is 5.91 Å². The minimum atomic E-state index is -0.928. The molecule has 0 aliphatic carbocycles. The first-order valence-corrected chi connectivity index (χ1v) is 14.1. The molecule has 0 bridgehead atoms. The molecule has 40 heavy (non-hydrogen) atoms. The summed E-state index contributed by atoms with van der Waals surface area (Å²) in [7, 11) is 0. The van der Waals surface area contributed by atoms with E-state index >= 15 is 0 Å². The standard InChI is InChI=1S/C33H35ClN2O4/c1-5-27-28-17-26(40-20-25-16-23-8-6-7-9-29(23)36(25)21(2)37)14-15-30(28)35(19-22-10-12-24(34)13-11-22)31(27)18-33(3,4)32(38)39/h6-15,17,25H,5,16,18-20H2,1-4H3,(H,38,39)/t25-/m0/s1. The number of fused-ring (bicyclic) bond motifs is 2. The van der Waals surface area contributed by atoms with Crippen LogP contribution in [0.15, 0.2) is 66.7 Å². The molecule has 0 radical (unpaired) electrons. The highest BCUT2D eigenvalue weighted by Gasteiger charge is 2.33. The van der Waals surface area contributed by atoms with E-state index in [1.54, 1.807) is 20.8 Å². The average Bonchev–Trinajstić information content (AvgIpc) is 3.43. The van der Waals surface area contributed by atoms with Crippen molar-refractivity contribution in [2.24, 2.45) is 5.41 Å². The van der Waals surface area contributed by atoms with Gasteiger partial charge in [0.25, 0.3) is 0 Å². The number of para-hydroxylation sites is 1. The van der Waals surface area contributed by atoms with Gasteiger partial charge in [-0.3, -0.25) is 9.59 Å². The predicted molar refractivity (Wildman–Crippen MR) is 160 cm³/mol. The number of benzene rings is 3. The van der Waals surface area contributed by atoms with Crippen LogP contribution >= 0.6 is 11.6 Å². The normalized spacial score (nSPS) is 14.9. The fourth-order valence-electron chi connectivity index (χ4n) is 5.80. The molecular weight excluding hydrogens is 524 g/mol. The monoisotopic (exact) mass is 558 g/mol. The summed E-state index contributed by atoms with van der Waals surface area (Å²) in [6, 6.07) is 21.8. The maximum absolute atomic E-state index is 12.5. The SMILES string of the molecule is CCc1c(CC(C)(C)C(=O)O)n(Cc2ccc(Cl)cc2)c2ccc(OC[C@@H]3Cc4ccccc4N3C(C)=O)cc12. The number of carboxylic acid groups (broad SMARTS) is 1. The van der Waals surface area contributed by atoms with Gasteiger partial charge in [-0.1, -0.05) is 48.9 Å². The van der Waals surface area contributed by atoms with Gasteiger partial charge >= 0.3 is 5.97 Å². The van der Waals surface area contributed by atoms with Crippen LogP contribution in [0.3, 0.4) is 0 Å². The fourth-order valence-corrected chi connectivity index (χ4v) is 5.93. The molecule has 0 saturated heterocycles. The van der Waals surface area contributed by atoms with Crippen molar-refractivity contribution in [1.82, 2.24) is 4.57 Å². The number of rotatable bonds is 9. The smallest absolute Gasteiger partial charge is 0.309 e. The second-order valence-corrected chi connectivity index (χ2v) is 11.7. The summed E-state index contributed by atoms with van der Waals surface area (Å²) in [6.07, 6.45) is 1.91. The van der Waals surface area contributed by atoms with Gasteiger partial charge < -0.3 is 19.3 Å². The van der Waals surface area contributed by atoms with Crippen LogP contribution in [-0.2, 0) is 35.4 Å². The van der Waals surface area contributed by atoms with Gasteiger partial charge in [0.15, 0.2) is 0 Å². The van der Waals surface area contributed by atoms with E-state index in [9.17, 15) is 14.7 Å². The number of nitrogens with zero attached hydrogens (tertiary/aromatic N) is 2. The topological polar surface area (TPSA) is 71.8 Å². The van der Waals surface area contributed by atoms with Crippen molar-refractivity contribution < 1.29 is 19.4 Å². The van der Waals surface area contributed by atoms with E-state index in [0.717, 1.165) is 57.6 Å². The van der Waals surface area contributed by atoms with Crippen LogP contribution in [0, 0.1) is 5.41 Å². The maximum atomic E-state index is 12.5. The molecule has 0 spiro atoms. The summed E-state index contributed by atoms with van der Waals surface area (Å²) >= 11 is 6.13. The second-order valence-electron chi connectivity index (χ2n) is 11.2. The van der Waals surface area contributed by atoms with Gasteiger partial charge in [0.1, 0.15) is 12.4 Å². The van der Waals surface area contributed by atoms with Crippen LogP contribution in [0.25, 0.3) is 10.9 Å². The van der Waals surface area contributed by atoms with Gasteiger partial charge in [0, 0.05) is 47.2 Å². The van der Waals surface area contributed by atoms with Crippen LogP contribution in [0.4, 0.5) is 5.69 Å². The van der Waals surface area contributed by atoms with Gasteiger partial charge in [0.05, 0.1) is 11.5 Å². The Bertz CT molecular complexity index is 1570. The molecule has 0 unspecified atom stereocenters. The number of aryl methyl sites for hydroxylation is 1. The molecule has 1 N–H and O–H groups in total. The Morgan fingerprint density at radius 2 is 1.80 bits per heavy atom. The van der Waals surface area contributed by atoms with Crippen LogP contribution in [0.5, 0.6) is 5.75 Å². The van der Waals surface area contributed by atoms with E-state index in [4.69, 9.17) is 16.3 Å². The fraction of sp³-hybridized carbons (Fsp3) is 0.333. The van der Waals surface area contributed by atoms with Crippen LogP contribution in [0.2, 0.25) is 5.02 Å². The number of halogens is 1. The first kappa shape index (κ1) is 27.8. The molecular formula is C33H35ClN2O4. The van der Waals surface area contributed by atoms with Crippen molar-refractivity contribution in [3.8, 4) is 5.75 Å². The average molecular weight is 559 g/mol. The van der Waals surface area contributed by atoms with E-state index in [1.807, 2.05) is 53.4 Å². The van der Waals surface area contributed by atoms with Crippen LogP contribution in [0.1, 0.15) is 50.1 Å².